The average Bonchev–Trinajstić information content (AvgIpc) is 3.18. The minimum atomic E-state index is -3.04. The van der Waals surface area contributed by atoms with Crippen molar-refractivity contribution >= 4 is 32.7 Å². The number of amides is 1. The van der Waals surface area contributed by atoms with Crippen molar-refractivity contribution in [3.05, 3.63) is 65.7 Å². The second-order valence-electron chi connectivity index (χ2n) is 7.54. The van der Waals surface area contributed by atoms with E-state index >= 15 is 0 Å². The molecule has 4 rings (SSSR count). The molecule has 0 spiro atoms. The monoisotopic (exact) mass is 444 g/mol. The first-order valence-electron chi connectivity index (χ1n) is 9.85. The van der Waals surface area contributed by atoms with E-state index in [1.165, 1.54) is 17.3 Å². The Balaban J connectivity index is 1.49. The fourth-order valence-corrected chi connectivity index (χ4v) is 7.85. The zero-order chi connectivity index (χ0) is 21.1. The molecule has 0 aliphatic carbocycles. The van der Waals surface area contributed by atoms with Crippen LogP contribution in [0.4, 0.5) is 0 Å². The molecule has 2 aliphatic rings. The van der Waals surface area contributed by atoms with Crippen LogP contribution in [0.3, 0.4) is 0 Å². The van der Waals surface area contributed by atoms with Crippen molar-refractivity contribution in [3.8, 4) is 5.75 Å². The Hall–Kier alpha value is -2.32. The highest BCUT2D eigenvalue weighted by atomic mass is 32.2. The van der Waals surface area contributed by atoms with Crippen LogP contribution in [-0.2, 0) is 27.5 Å². The summed E-state index contributed by atoms with van der Waals surface area (Å²) in [7, 11) is -1.44. The van der Waals surface area contributed by atoms with E-state index in [9.17, 15) is 13.2 Å². The van der Waals surface area contributed by atoms with E-state index in [4.69, 9.17) is 4.74 Å². The number of fused-ring (bicyclic) bond motifs is 1. The number of hydrogen-bond donors (Lipinski definition) is 0. The maximum atomic E-state index is 12.6. The maximum Gasteiger partial charge on any atom is 0.252 e. The lowest BCUT2D eigenvalue weighted by atomic mass is 10.1. The molecular formula is C22H24N2O4S2. The second kappa shape index (κ2) is 8.81. The van der Waals surface area contributed by atoms with Gasteiger partial charge in [-0.2, -0.15) is 4.99 Å². The zero-order valence-corrected chi connectivity index (χ0v) is 18.4. The molecule has 0 saturated carbocycles. The van der Waals surface area contributed by atoms with Crippen molar-refractivity contribution in [2.75, 3.05) is 25.2 Å². The van der Waals surface area contributed by atoms with Gasteiger partial charge in [-0.3, -0.25) is 4.79 Å². The van der Waals surface area contributed by atoms with Crippen LogP contribution in [0.2, 0.25) is 0 Å². The summed E-state index contributed by atoms with van der Waals surface area (Å²) >= 11 is 1.43. The van der Waals surface area contributed by atoms with Crippen molar-refractivity contribution in [2.45, 2.75) is 24.1 Å². The standard InChI is InChI=1S/C22H24N2O4S2/c1-28-18-9-7-17(8-10-18)13-21(25)23-22-24(12-11-16-5-3-2-4-6-16)19-14-30(26,27)15-20(19)29-22/h2-10,19-20H,11-15H2,1H3/t19-,20+/m0/s1. The van der Waals surface area contributed by atoms with Gasteiger partial charge in [0.2, 0.25) is 0 Å². The molecule has 8 heteroatoms. The SMILES string of the molecule is COc1ccc(CC(=O)N=C2S[C@@H]3CS(=O)(=O)C[C@@H]3N2CCc2ccccc2)cc1. The normalized spacial score (nSPS) is 23.5. The zero-order valence-electron chi connectivity index (χ0n) is 16.7. The minimum Gasteiger partial charge on any atom is -0.497 e. The fourth-order valence-electron chi connectivity index (χ4n) is 3.86. The number of sulfone groups is 1. The second-order valence-corrected chi connectivity index (χ2v) is 10.9. The molecule has 0 bridgehead atoms. The molecule has 0 unspecified atom stereocenters. The summed E-state index contributed by atoms with van der Waals surface area (Å²) < 4.78 is 29.4. The van der Waals surface area contributed by atoms with Crippen molar-refractivity contribution in [1.82, 2.24) is 4.90 Å². The van der Waals surface area contributed by atoms with E-state index in [1.54, 1.807) is 7.11 Å². The summed E-state index contributed by atoms with van der Waals surface area (Å²) in [6.07, 6.45) is 0.977. The predicted molar refractivity (Wildman–Crippen MR) is 120 cm³/mol. The molecule has 30 heavy (non-hydrogen) atoms. The molecule has 2 fully saturated rings. The molecule has 2 aromatic rings. The first kappa shape index (κ1) is 20.9. The van der Waals surface area contributed by atoms with E-state index in [-0.39, 0.29) is 35.1 Å². The van der Waals surface area contributed by atoms with Gasteiger partial charge in [-0.1, -0.05) is 54.2 Å². The van der Waals surface area contributed by atoms with Crippen molar-refractivity contribution in [1.29, 1.82) is 0 Å². The molecule has 0 N–H and O–H groups in total. The van der Waals surface area contributed by atoms with Crippen LogP contribution in [-0.4, -0.2) is 60.8 Å². The summed E-state index contributed by atoms with van der Waals surface area (Å²) in [5.74, 6) is 0.793. The molecule has 158 valence electrons. The predicted octanol–water partition coefficient (Wildman–Crippen LogP) is 2.58. The van der Waals surface area contributed by atoms with Crippen LogP contribution in [0.25, 0.3) is 0 Å². The molecule has 2 heterocycles. The number of aliphatic imine (C=N–C) groups is 1. The number of nitrogens with zero attached hydrogens (tertiary/aromatic N) is 2. The van der Waals surface area contributed by atoms with E-state index in [1.807, 2.05) is 47.4 Å². The third-order valence-electron chi connectivity index (χ3n) is 5.39. The highest BCUT2D eigenvalue weighted by Crippen LogP contribution is 2.38. The van der Waals surface area contributed by atoms with Crippen LogP contribution in [0.15, 0.2) is 59.6 Å². The lowest BCUT2D eigenvalue weighted by Gasteiger charge is -2.24. The molecule has 2 aliphatic heterocycles. The Morgan fingerprint density at radius 2 is 1.83 bits per heavy atom. The van der Waals surface area contributed by atoms with E-state index in [0.29, 0.717) is 11.7 Å². The highest BCUT2D eigenvalue weighted by molar-refractivity contribution is 8.15. The van der Waals surface area contributed by atoms with Gasteiger partial charge in [0.05, 0.1) is 31.1 Å². The first-order valence-corrected chi connectivity index (χ1v) is 12.6. The summed E-state index contributed by atoms with van der Waals surface area (Å²) in [5.41, 5.74) is 2.04. The largest absolute Gasteiger partial charge is 0.497 e. The van der Waals surface area contributed by atoms with Gasteiger partial charge < -0.3 is 9.64 Å². The van der Waals surface area contributed by atoms with Crippen LogP contribution in [0, 0.1) is 0 Å². The topological polar surface area (TPSA) is 76.0 Å². The number of amidine groups is 1. The minimum absolute atomic E-state index is 0.0571. The summed E-state index contributed by atoms with van der Waals surface area (Å²) in [4.78, 5) is 19.0. The molecule has 1 amide bonds. The Morgan fingerprint density at radius 3 is 2.53 bits per heavy atom. The average molecular weight is 445 g/mol. The summed E-state index contributed by atoms with van der Waals surface area (Å²) in [5, 5.41) is 0.590. The number of methoxy groups -OCH3 is 1. The maximum absolute atomic E-state index is 12.6. The Labute approximate surface area is 181 Å². The van der Waals surface area contributed by atoms with Gasteiger partial charge in [0, 0.05) is 11.8 Å². The fraction of sp³-hybridized carbons (Fsp3) is 0.364. The van der Waals surface area contributed by atoms with Gasteiger partial charge in [0.15, 0.2) is 15.0 Å². The number of carbonyl (C=O) groups excluding carboxylic acids is 1. The van der Waals surface area contributed by atoms with Gasteiger partial charge in [-0.05, 0) is 29.7 Å². The van der Waals surface area contributed by atoms with Crippen LogP contribution >= 0.6 is 11.8 Å². The Bertz CT molecular complexity index is 1040. The molecule has 0 radical (unpaired) electrons. The smallest absolute Gasteiger partial charge is 0.252 e. The van der Waals surface area contributed by atoms with Gasteiger partial charge in [-0.15, -0.1) is 0 Å². The van der Waals surface area contributed by atoms with Gasteiger partial charge in [-0.25, -0.2) is 8.42 Å². The lowest BCUT2D eigenvalue weighted by molar-refractivity contribution is -0.117. The van der Waals surface area contributed by atoms with Gasteiger partial charge in [0.25, 0.3) is 5.91 Å². The Morgan fingerprint density at radius 1 is 1.10 bits per heavy atom. The van der Waals surface area contributed by atoms with Crippen LogP contribution < -0.4 is 4.74 Å². The first-order chi connectivity index (χ1) is 14.4. The quantitative estimate of drug-likeness (QED) is 0.682. The molecule has 2 atom stereocenters. The molecule has 6 nitrogen and oxygen atoms in total. The van der Waals surface area contributed by atoms with E-state index < -0.39 is 9.84 Å². The number of carbonyl (C=O) groups is 1. The van der Waals surface area contributed by atoms with Crippen LogP contribution in [0.1, 0.15) is 11.1 Å². The lowest BCUT2D eigenvalue weighted by Crippen LogP contribution is -2.39. The number of hydrogen-bond acceptors (Lipinski definition) is 5. The van der Waals surface area contributed by atoms with Crippen molar-refractivity contribution in [2.24, 2.45) is 4.99 Å². The van der Waals surface area contributed by atoms with Crippen molar-refractivity contribution < 1.29 is 17.9 Å². The number of thioether (sulfide) groups is 1. The highest BCUT2D eigenvalue weighted by Gasteiger charge is 2.48. The summed E-state index contributed by atoms with van der Waals surface area (Å²) in [6, 6.07) is 17.3. The third kappa shape index (κ3) is 4.87. The molecule has 2 saturated heterocycles. The van der Waals surface area contributed by atoms with E-state index in [0.717, 1.165) is 17.7 Å². The van der Waals surface area contributed by atoms with Crippen molar-refractivity contribution in [3.63, 3.8) is 0 Å². The summed E-state index contributed by atoms with van der Waals surface area (Å²) in [6.45, 7) is 0.641. The molecule has 0 aromatic heterocycles. The third-order valence-corrected chi connectivity index (χ3v) is 8.64. The van der Waals surface area contributed by atoms with Gasteiger partial charge in [0.1, 0.15) is 5.75 Å². The van der Waals surface area contributed by atoms with Gasteiger partial charge >= 0.3 is 0 Å². The van der Waals surface area contributed by atoms with Crippen LogP contribution in [0.5, 0.6) is 5.75 Å². The van der Waals surface area contributed by atoms with E-state index in [2.05, 4.69) is 17.1 Å². The number of ether oxygens (including phenoxy) is 1. The number of rotatable bonds is 6. The Kier molecular flexibility index (Phi) is 6.15. The molecular weight excluding hydrogens is 420 g/mol. The molecule has 2 aromatic carbocycles. The number of benzene rings is 2.